The van der Waals surface area contributed by atoms with Crippen molar-refractivity contribution in [3.8, 4) is 12.3 Å². The summed E-state index contributed by atoms with van der Waals surface area (Å²) < 4.78 is 0. The molecule has 0 saturated heterocycles. The largest absolute Gasteiger partial charge is 0.120 e. The van der Waals surface area contributed by atoms with Crippen LogP contribution in [0.2, 0.25) is 0 Å². The second kappa shape index (κ2) is 2.02. The highest BCUT2D eigenvalue weighted by atomic mass is 14.2. The van der Waals surface area contributed by atoms with Gasteiger partial charge in [-0.1, -0.05) is 0 Å². The summed E-state index contributed by atoms with van der Waals surface area (Å²) in [5.74, 6) is 3.50. The van der Waals surface area contributed by atoms with Gasteiger partial charge in [-0.15, -0.1) is 12.3 Å². The maximum absolute atomic E-state index is 5.04. The lowest BCUT2D eigenvalue weighted by molar-refractivity contribution is 0.775. The van der Waals surface area contributed by atoms with E-state index < -0.39 is 0 Å². The highest BCUT2D eigenvalue weighted by molar-refractivity contribution is 4.97. The Kier molecular flexibility index (Phi) is 1.36. The normalized spacial score (nSPS) is 18.7. The van der Waals surface area contributed by atoms with Crippen LogP contribution < -0.4 is 0 Å². The van der Waals surface area contributed by atoms with Gasteiger partial charge in [-0.05, 0) is 25.2 Å². The lowest BCUT2D eigenvalue weighted by atomic mass is 10.2. The first-order valence-electron chi connectivity index (χ1n) is 2.70. The fraction of sp³-hybridized carbons (Fsp3) is 0.571. The van der Waals surface area contributed by atoms with Crippen LogP contribution in [0.15, 0.2) is 0 Å². The monoisotopic (exact) mass is 93.1 g/mol. The highest BCUT2D eigenvalue weighted by Gasteiger charge is 2.19. The predicted molar refractivity (Wildman–Crippen MR) is 30.5 cm³/mol. The first-order valence-corrected chi connectivity index (χ1v) is 2.70. The Bertz CT molecular complexity index is 82.7. The molecule has 1 radical (unpaired) electrons. The molecule has 7 heavy (non-hydrogen) atoms. The molecule has 0 spiro atoms. The summed E-state index contributed by atoms with van der Waals surface area (Å²) in [6, 6.07) is 0. The Balaban J connectivity index is 1.91. The maximum Gasteiger partial charge on any atom is 0.00888 e. The summed E-state index contributed by atoms with van der Waals surface area (Å²) in [4.78, 5) is 0. The molecular weight excluding hydrogens is 84.1 g/mol. The van der Waals surface area contributed by atoms with Gasteiger partial charge < -0.3 is 0 Å². The van der Waals surface area contributed by atoms with Gasteiger partial charge in [0.15, 0.2) is 0 Å². The third-order valence-electron chi connectivity index (χ3n) is 1.23. The van der Waals surface area contributed by atoms with Gasteiger partial charge in [-0.2, -0.15) is 0 Å². The fourth-order valence-corrected chi connectivity index (χ4v) is 0.601. The van der Waals surface area contributed by atoms with Crippen LogP contribution in [-0.4, -0.2) is 0 Å². The zero-order chi connectivity index (χ0) is 5.11. The summed E-state index contributed by atoms with van der Waals surface area (Å²) in [6.07, 6.45) is 10.8. The second-order valence-corrected chi connectivity index (χ2v) is 1.97. The Morgan fingerprint density at radius 2 is 2.57 bits per heavy atom. The van der Waals surface area contributed by atoms with Crippen molar-refractivity contribution in [3.05, 3.63) is 6.42 Å². The average Bonchev–Trinajstić information content (AvgIpc) is 2.42. The molecule has 37 valence electrons. The van der Waals surface area contributed by atoms with Crippen molar-refractivity contribution in [3.63, 3.8) is 0 Å². The lowest BCUT2D eigenvalue weighted by Gasteiger charge is -1.82. The van der Waals surface area contributed by atoms with Gasteiger partial charge in [0.1, 0.15) is 0 Å². The van der Waals surface area contributed by atoms with Crippen molar-refractivity contribution in [2.75, 3.05) is 0 Å². The van der Waals surface area contributed by atoms with Gasteiger partial charge in [0.25, 0.3) is 0 Å². The molecule has 0 N–H and O–H groups in total. The Hall–Kier alpha value is -0.440. The molecule has 0 heteroatoms. The van der Waals surface area contributed by atoms with E-state index in [0.717, 1.165) is 12.3 Å². The molecular formula is C7H9. The Morgan fingerprint density at radius 1 is 1.86 bits per heavy atom. The molecule has 1 atom stereocenters. The van der Waals surface area contributed by atoms with E-state index in [1.807, 2.05) is 0 Å². The van der Waals surface area contributed by atoms with Gasteiger partial charge in [-0.3, -0.25) is 0 Å². The van der Waals surface area contributed by atoms with Crippen LogP contribution in [0.5, 0.6) is 0 Å². The van der Waals surface area contributed by atoms with Crippen LogP contribution in [0.4, 0.5) is 0 Å². The van der Waals surface area contributed by atoms with Crippen molar-refractivity contribution < 1.29 is 0 Å². The maximum atomic E-state index is 5.04. The number of hydrogen-bond acceptors (Lipinski definition) is 0. The molecule has 0 aromatic rings. The molecule has 0 aromatic carbocycles. The topological polar surface area (TPSA) is 0 Å². The predicted octanol–water partition coefficient (Wildman–Crippen LogP) is 1.62. The third-order valence-corrected chi connectivity index (χ3v) is 1.23. The zero-order valence-corrected chi connectivity index (χ0v) is 4.35. The molecule has 1 unspecified atom stereocenters. The SMILES string of the molecule is C#CCCC1[CH]C1. The molecule has 0 bridgehead atoms. The summed E-state index contributed by atoms with van der Waals surface area (Å²) in [6.45, 7) is 0. The molecule has 0 aromatic heterocycles. The summed E-state index contributed by atoms with van der Waals surface area (Å²) in [7, 11) is 0. The first kappa shape index (κ1) is 4.71. The standard InChI is InChI=1S/C7H9/c1-2-3-4-7-5-6-7/h1,5,7H,3-4,6H2. The quantitative estimate of drug-likeness (QED) is 0.455. The molecule has 1 aliphatic carbocycles. The minimum atomic E-state index is 0.885. The number of terminal acetylenes is 1. The Morgan fingerprint density at radius 3 is 3.00 bits per heavy atom. The Labute approximate surface area is 44.9 Å². The van der Waals surface area contributed by atoms with E-state index in [-0.39, 0.29) is 0 Å². The highest BCUT2D eigenvalue weighted by Crippen LogP contribution is 2.31. The molecule has 0 amide bonds. The summed E-state index contributed by atoms with van der Waals surface area (Å²) in [5.41, 5.74) is 0. The van der Waals surface area contributed by atoms with Crippen molar-refractivity contribution in [2.24, 2.45) is 5.92 Å². The number of hydrogen-bond donors (Lipinski definition) is 0. The van der Waals surface area contributed by atoms with Gasteiger partial charge in [-0.25, -0.2) is 0 Å². The molecule has 1 fully saturated rings. The summed E-state index contributed by atoms with van der Waals surface area (Å²) >= 11 is 0. The van der Waals surface area contributed by atoms with E-state index in [9.17, 15) is 0 Å². The van der Waals surface area contributed by atoms with Crippen LogP contribution in [0.3, 0.4) is 0 Å². The van der Waals surface area contributed by atoms with E-state index in [2.05, 4.69) is 12.3 Å². The summed E-state index contributed by atoms with van der Waals surface area (Å²) in [5, 5.41) is 0. The van der Waals surface area contributed by atoms with Gasteiger partial charge >= 0.3 is 0 Å². The van der Waals surface area contributed by atoms with Crippen molar-refractivity contribution in [1.82, 2.24) is 0 Å². The molecule has 0 aliphatic heterocycles. The van der Waals surface area contributed by atoms with Crippen LogP contribution in [-0.2, 0) is 0 Å². The number of rotatable bonds is 2. The van der Waals surface area contributed by atoms with Crippen molar-refractivity contribution in [2.45, 2.75) is 19.3 Å². The smallest absolute Gasteiger partial charge is 0.00888 e. The third kappa shape index (κ3) is 1.64. The van der Waals surface area contributed by atoms with E-state index in [4.69, 9.17) is 6.42 Å². The van der Waals surface area contributed by atoms with Gasteiger partial charge in [0.05, 0.1) is 0 Å². The van der Waals surface area contributed by atoms with Crippen LogP contribution in [0.1, 0.15) is 19.3 Å². The van der Waals surface area contributed by atoms with Crippen LogP contribution in [0.25, 0.3) is 0 Å². The van der Waals surface area contributed by atoms with Gasteiger partial charge in [0.2, 0.25) is 0 Å². The van der Waals surface area contributed by atoms with Crippen LogP contribution >= 0.6 is 0 Å². The minimum absolute atomic E-state index is 0.885. The molecule has 0 heterocycles. The molecule has 0 nitrogen and oxygen atoms in total. The zero-order valence-electron chi connectivity index (χ0n) is 4.35. The minimum Gasteiger partial charge on any atom is -0.120 e. The van der Waals surface area contributed by atoms with Crippen molar-refractivity contribution >= 4 is 0 Å². The van der Waals surface area contributed by atoms with E-state index in [0.29, 0.717) is 0 Å². The van der Waals surface area contributed by atoms with Crippen molar-refractivity contribution in [1.29, 1.82) is 0 Å². The average molecular weight is 93.1 g/mol. The van der Waals surface area contributed by atoms with Gasteiger partial charge in [0, 0.05) is 6.42 Å². The van der Waals surface area contributed by atoms with E-state index in [1.165, 1.54) is 12.8 Å². The lowest BCUT2D eigenvalue weighted by Crippen LogP contribution is -1.70. The molecule has 1 rings (SSSR count). The second-order valence-electron chi connectivity index (χ2n) is 1.97. The van der Waals surface area contributed by atoms with E-state index >= 15 is 0 Å². The molecule has 1 saturated carbocycles. The van der Waals surface area contributed by atoms with E-state index in [1.54, 1.807) is 0 Å². The first-order chi connectivity index (χ1) is 3.43. The fourth-order valence-electron chi connectivity index (χ4n) is 0.601. The molecule has 1 aliphatic rings. The van der Waals surface area contributed by atoms with Crippen LogP contribution in [0, 0.1) is 24.7 Å².